The first kappa shape index (κ1) is 18.3. The van der Waals surface area contributed by atoms with E-state index in [0.29, 0.717) is 27.9 Å². The van der Waals surface area contributed by atoms with E-state index >= 15 is 0 Å². The third-order valence-electron chi connectivity index (χ3n) is 5.34. The lowest BCUT2D eigenvalue weighted by atomic mass is 9.38. The molecule has 1 aromatic carbocycles. The average molecular weight is 408 g/mol. The smallest absolute Gasteiger partial charge is 0.258 e. The molecule has 1 amide bonds. The van der Waals surface area contributed by atoms with E-state index in [4.69, 9.17) is 27.9 Å². The quantitative estimate of drug-likeness (QED) is 0.713. The molecule has 0 saturated heterocycles. The van der Waals surface area contributed by atoms with Crippen molar-refractivity contribution in [1.29, 1.82) is 0 Å². The number of ether oxygens (including phenoxy) is 1. The largest absolute Gasteiger partial charge is 0.484 e. The maximum atomic E-state index is 12.3. The van der Waals surface area contributed by atoms with E-state index in [1.807, 2.05) is 0 Å². The van der Waals surface area contributed by atoms with E-state index in [1.54, 1.807) is 42.2 Å². The number of benzene rings is 1. The summed E-state index contributed by atoms with van der Waals surface area (Å²) >= 11 is 11.8. The monoisotopic (exact) mass is 407 g/mol. The number of nitrogens with zero attached hydrogens (tertiary/aromatic N) is 2. The Balaban J connectivity index is 1.23. The van der Waals surface area contributed by atoms with Gasteiger partial charge in [-0.3, -0.25) is 14.3 Å². The van der Waals surface area contributed by atoms with Gasteiger partial charge in [0.1, 0.15) is 11.4 Å². The van der Waals surface area contributed by atoms with Crippen LogP contribution >= 0.6 is 23.2 Å². The third-order valence-corrected chi connectivity index (χ3v) is 6.08. The Bertz CT molecular complexity index is 905. The van der Waals surface area contributed by atoms with Gasteiger partial charge in [-0.15, -0.1) is 0 Å². The molecular formula is C19H19Cl2N3O3. The summed E-state index contributed by atoms with van der Waals surface area (Å²) < 4.78 is 7.10. The third kappa shape index (κ3) is 3.56. The molecule has 1 heterocycles. The van der Waals surface area contributed by atoms with Crippen LogP contribution in [0.5, 0.6) is 5.75 Å². The lowest BCUT2D eigenvalue weighted by molar-refractivity contribution is -0.164. The fourth-order valence-electron chi connectivity index (χ4n) is 4.36. The lowest BCUT2D eigenvalue weighted by Crippen LogP contribution is -2.75. The summed E-state index contributed by atoms with van der Waals surface area (Å²) in [5.41, 5.74) is 0.352. The molecule has 27 heavy (non-hydrogen) atoms. The molecule has 1 aromatic heterocycles. The van der Waals surface area contributed by atoms with Crippen molar-refractivity contribution in [3.63, 3.8) is 0 Å². The SMILES string of the molecule is Cn1ccc(C(=O)CC23CC(NC(=O)COc4ccc(Cl)c(Cl)c4)(C2)C3)n1. The number of nitrogens with one attached hydrogen (secondary N) is 1. The minimum Gasteiger partial charge on any atom is -0.484 e. The van der Waals surface area contributed by atoms with Crippen molar-refractivity contribution in [2.75, 3.05) is 6.61 Å². The molecule has 0 aliphatic heterocycles. The maximum absolute atomic E-state index is 12.3. The summed E-state index contributed by atoms with van der Waals surface area (Å²) in [4.78, 5) is 24.5. The number of hydrogen-bond acceptors (Lipinski definition) is 4. The van der Waals surface area contributed by atoms with Crippen molar-refractivity contribution >= 4 is 34.9 Å². The van der Waals surface area contributed by atoms with Gasteiger partial charge in [-0.25, -0.2) is 0 Å². The number of carbonyl (C=O) groups is 2. The van der Waals surface area contributed by atoms with Crippen molar-refractivity contribution in [1.82, 2.24) is 15.1 Å². The van der Waals surface area contributed by atoms with Crippen LogP contribution in [0.15, 0.2) is 30.5 Å². The summed E-state index contributed by atoms with van der Waals surface area (Å²) in [6.45, 7) is -0.0838. The highest BCUT2D eigenvalue weighted by molar-refractivity contribution is 6.42. The Morgan fingerprint density at radius 1 is 1.22 bits per heavy atom. The topological polar surface area (TPSA) is 73.2 Å². The fraction of sp³-hybridized carbons (Fsp3) is 0.421. The molecule has 2 bridgehead atoms. The van der Waals surface area contributed by atoms with E-state index < -0.39 is 0 Å². The maximum Gasteiger partial charge on any atom is 0.258 e. The average Bonchev–Trinajstić information content (AvgIpc) is 2.99. The Morgan fingerprint density at radius 3 is 2.59 bits per heavy atom. The number of aromatic nitrogens is 2. The van der Waals surface area contributed by atoms with Crippen LogP contribution in [0.3, 0.4) is 0 Å². The van der Waals surface area contributed by atoms with E-state index in [9.17, 15) is 9.59 Å². The summed E-state index contributed by atoms with van der Waals surface area (Å²) in [5, 5.41) is 8.03. The molecule has 3 fully saturated rings. The highest BCUT2D eigenvalue weighted by Gasteiger charge is 2.68. The summed E-state index contributed by atoms with van der Waals surface area (Å²) in [5.74, 6) is 0.387. The molecule has 1 N–H and O–H groups in total. The summed E-state index contributed by atoms with van der Waals surface area (Å²) in [6.07, 6.45) is 4.75. The van der Waals surface area contributed by atoms with Crippen molar-refractivity contribution in [2.24, 2.45) is 12.5 Å². The molecule has 2 aromatic rings. The number of hydrogen-bond donors (Lipinski definition) is 1. The van der Waals surface area contributed by atoms with Crippen molar-refractivity contribution in [2.45, 2.75) is 31.2 Å². The number of carbonyl (C=O) groups excluding carboxylic acids is 2. The van der Waals surface area contributed by atoms with Crippen LogP contribution in [0.25, 0.3) is 0 Å². The van der Waals surface area contributed by atoms with E-state index in [0.717, 1.165) is 19.3 Å². The van der Waals surface area contributed by atoms with Gasteiger partial charge < -0.3 is 10.1 Å². The normalized spacial score (nSPS) is 25.3. The van der Waals surface area contributed by atoms with Crippen LogP contribution in [0.4, 0.5) is 0 Å². The highest BCUT2D eigenvalue weighted by atomic mass is 35.5. The fourth-order valence-corrected chi connectivity index (χ4v) is 4.65. The molecule has 142 valence electrons. The zero-order valence-electron chi connectivity index (χ0n) is 14.8. The number of ketones is 1. The Kier molecular flexibility index (Phi) is 4.43. The van der Waals surface area contributed by atoms with Crippen LogP contribution in [-0.2, 0) is 11.8 Å². The van der Waals surface area contributed by atoms with Gasteiger partial charge in [0.15, 0.2) is 12.4 Å². The number of aryl methyl sites for hydroxylation is 1. The van der Waals surface area contributed by atoms with Crippen LogP contribution < -0.4 is 10.1 Å². The highest BCUT2D eigenvalue weighted by Crippen LogP contribution is 2.69. The second-order valence-corrected chi connectivity index (χ2v) is 8.51. The van der Waals surface area contributed by atoms with Gasteiger partial charge in [-0.1, -0.05) is 23.2 Å². The molecule has 5 rings (SSSR count). The molecule has 3 aliphatic rings. The predicted octanol–water partition coefficient (Wildman–Crippen LogP) is 3.42. The second-order valence-electron chi connectivity index (χ2n) is 7.70. The molecule has 0 atom stereocenters. The van der Waals surface area contributed by atoms with Gasteiger partial charge in [0.25, 0.3) is 5.91 Å². The van der Waals surface area contributed by atoms with Crippen LogP contribution in [0.2, 0.25) is 10.0 Å². The van der Waals surface area contributed by atoms with Crippen molar-refractivity contribution in [3.8, 4) is 5.75 Å². The number of amides is 1. The van der Waals surface area contributed by atoms with Gasteiger partial charge in [-0.2, -0.15) is 5.10 Å². The van der Waals surface area contributed by atoms with E-state index in [2.05, 4.69) is 10.4 Å². The second kappa shape index (κ2) is 6.53. The van der Waals surface area contributed by atoms with Crippen LogP contribution in [0.1, 0.15) is 36.2 Å². The standard InChI is InChI=1S/C19H19Cl2N3O3/c1-24-5-4-15(23-24)16(25)7-18-9-19(10-18,11-18)22-17(26)8-27-12-2-3-13(20)14(21)6-12/h2-6H,7-11H2,1H3,(H,22,26). The molecule has 3 saturated carbocycles. The van der Waals surface area contributed by atoms with Crippen molar-refractivity contribution in [3.05, 3.63) is 46.2 Å². The van der Waals surface area contributed by atoms with E-state index in [-0.39, 0.29) is 29.3 Å². The molecule has 3 aliphatic carbocycles. The summed E-state index contributed by atoms with van der Waals surface area (Å²) in [7, 11) is 1.79. The Hall–Kier alpha value is -2.05. The number of halogens is 2. The van der Waals surface area contributed by atoms with Gasteiger partial charge in [0, 0.05) is 31.3 Å². The number of Topliss-reactive ketones (excluding diaryl/α,β-unsaturated/α-hetero) is 1. The first-order valence-electron chi connectivity index (χ1n) is 8.70. The first-order valence-corrected chi connectivity index (χ1v) is 9.46. The van der Waals surface area contributed by atoms with Crippen molar-refractivity contribution < 1.29 is 14.3 Å². The lowest BCUT2D eigenvalue weighted by Gasteiger charge is -2.70. The minimum absolute atomic E-state index is 0.0203. The Labute approximate surface area is 166 Å². The van der Waals surface area contributed by atoms with Crippen LogP contribution in [0, 0.1) is 5.41 Å². The zero-order chi connectivity index (χ0) is 19.2. The molecule has 8 heteroatoms. The minimum atomic E-state index is -0.178. The van der Waals surface area contributed by atoms with Gasteiger partial charge in [0.05, 0.1) is 10.0 Å². The molecule has 0 radical (unpaired) electrons. The molecular weight excluding hydrogens is 389 g/mol. The molecule has 6 nitrogen and oxygen atoms in total. The van der Waals surface area contributed by atoms with Gasteiger partial charge >= 0.3 is 0 Å². The number of rotatable bonds is 7. The summed E-state index contributed by atoms with van der Waals surface area (Å²) in [6, 6.07) is 6.61. The molecule has 0 spiro atoms. The first-order chi connectivity index (χ1) is 12.8. The van der Waals surface area contributed by atoms with Gasteiger partial charge in [-0.05, 0) is 42.9 Å². The van der Waals surface area contributed by atoms with Crippen LogP contribution in [-0.4, -0.2) is 33.6 Å². The van der Waals surface area contributed by atoms with Gasteiger partial charge in [0.2, 0.25) is 0 Å². The Morgan fingerprint density at radius 2 is 1.96 bits per heavy atom. The predicted molar refractivity (Wildman–Crippen MR) is 101 cm³/mol. The molecule has 0 unspecified atom stereocenters. The zero-order valence-corrected chi connectivity index (χ0v) is 16.3. The van der Waals surface area contributed by atoms with E-state index in [1.165, 1.54) is 0 Å².